The van der Waals surface area contributed by atoms with Crippen LogP contribution in [0.2, 0.25) is 5.02 Å². The van der Waals surface area contributed by atoms with Crippen LogP contribution in [0, 0.1) is 13.8 Å². The second-order valence-corrected chi connectivity index (χ2v) is 4.27. The summed E-state index contributed by atoms with van der Waals surface area (Å²) in [5.41, 5.74) is 2.39. The first-order valence-corrected chi connectivity index (χ1v) is 5.29. The molecule has 1 atom stereocenters. The van der Waals surface area contributed by atoms with Crippen molar-refractivity contribution in [2.75, 3.05) is 0 Å². The molecule has 0 heterocycles. The van der Waals surface area contributed by atoms with Crippen LogP contribution in [-0.4, -0.2) is 11.4 Å². The third-order valence-electron chi connectivity index (χ3n) is 2.68. The summed E-state index contributed by atoms with van der Waals surface area (Å²) < 4.78 is 0. The SMILES string of the molecule is Cc1cc(Cl)c(C)c(C(C)CC=O)c1O. The van der Waals surface area contributed by atoms with Gasteiger partial charge in [0.2, 0.25) is 0 Å². The molecule has 0 bridgehead atoms. The Morgan fingerprint density at radius 1 is 1.53 bits per heavy atom. The van der Waals surface area contributed by atoms with Gasteiger partial charge < -0.3 is 9.90 Å². The fraction of sp³-hybridized carbons (Fsp3) is 0.417. The molecule has 82 valence electrons. The van der Waals surface area contributed by atoms with Crippen LogP contribution in [0.15, 0.2) is 6.07 Å². The van der Waals surface area contributed by atoms with Gasteiger partial charge in [0.05, 0.1) is 0 Å². The van der Waals surface area contributed by atoms with Gasteiger partial charge in [0.15, 0.2) is 0 Å². The van der Waals surface area contributed by atoms with Crippen molar-refractivity contribution in [3.8, 4) is 5.75 Å². The quantitative estimate of drug-likeness (QED) is 0.803. The molecule has 1 rings (SSSR count). The highest BCUT2D eigenvalue weighted by atomic mass is 35.5. The predicted molar refractivity (Wildman–Crippen MR) is 61.7 cm³/mol. The van der Waals surface area contributed by atoms with Crippen molar-refractivity contribution in [1.29, 1.82) is 0 Å². The molecule has 0 amide bonds. The topological polar surface area (TPSA) is 37.3 Å². The maximum absolute atomic E-state index is 10.5. The van der Waals surface area contributed by atoms with Gasteiger partial charge >= 0.3 is 0 Å². The second-order valence-electron chi connectivity index (χ2n) is 3.87. The Kier molecular flexibility index (Phi) is 3.75. The highest BCUT2D eigenvalue weighted by Gasteiger charge is 2.17. The molecule has 0 saturated carbocycles. The zero-order valence-electron chi connectivity index (χ0n) is 9.17. The summed E-state index contributed by atoms with van der Waals surface area (Å²) in [4.78, 5) is 10.5. The third-order valence-corrected chi connectivity index (χ3v) is 3.07. The number of aryl methyl sites for hydroxylation is 1. The zero-order valence-corrected chi connectivity index (χ0v) is 9.93. The molecule has 1 aromatic carbocycles. The maximum Gasteiger partial charge on any atom is 0.122 e. The van der Waals surface area contributed by atoms with Gasteiger partial charge in [-0.2, -0.15) is 0 Å². The molecule has 1 unspecified atom stereocenters. The Morgan fingerprint density at radius 2 is 2.13 bits per heavy atom. The Balaban J connectivity index is 3.31. The molecule has 15 heavy (non-hydrogen) atoms. The van der Waals surface area contributed by atoms with Crippen LogP contribution in [-0.2, 0) is 4.79 Å². The first-order chi connectivity index (χ1) is 6.99. The largest absolute Gasteiger partial charge is 0.507 e. The van der Waals surface area contributed by atoms with E-state index in [0.717, 1.165) is 23.0 Å². The van der Waals surface area contributed by atoms with E-state index in [-0.39, 0.29) is 11.7 Å². The fourth-order valence-corrected chi connectivity index (χ4v) is 2.02. The standard InChI is InChI=1S/C12H15ClO2/c1-7(4-5-14)11-9(3)10(13)6-8(2)12(11)15/h5-7,15H,4H2,1-3H3. The van der Waals surface area contributed by atoms with Gasteiger partial charge in [-0.25, -0.2) is 0 Å². The molecule has 0 aliphatic heterocycles. The number of aromatic hydroxyl groups is 1. The summed E-state index contributed by atoms with van der Waals surface area (Å²) >= 11 is 6.04. The molecular weight excluding hydrogens is 212 g/mol. The molecule has 1 aromatic rings. The van der Waals surface area contributed by atoms with Crippen LogP contribution in [0.4, 0.5) is 0 Å². The van der Waals surface area contributed by atoms with Crippen molar-refractivity contribution in [1.82, 2.24) is 0 Å². The van der Waals surface area contributed by atoms with Gasteiger partial charge in [0.25, 0.3) is 0 Å². The van der Waals surface area contributed by atoms with E-state index in [4.69, 9.17) is 11.6 Å². The van der Waals surface area contributed by atoms with E-state index in [1.54, 1.807) is 13.0 Å². The van der Waals surface area contributed by atoms with Gasteiger partial charge in [-0.15, -0.1) is 0 Å². The summed E-state index contributed by atoms with van der Waals surface area (Å²) in [5, 5.41) is 10.6. The van der Waals surface area contributed by atoms with Gasteiger partial charge in [-0.05, 0) is 37.0 Å². The monoisotopic (exact) mass is 226 g/mol. The Morgan fingerprint density at radius 3 is 2.67 bits per heavy atom. The summed E-state index contributed by atoms with van der Waals surface area (Å²) in [7, 11) is 0. The van der Waals surface area contributed by atoms with Crippen molar-refractivity contribution in [3.05, 3.63) is 27.8 Å². The number of phenolic OH excluding ortho intramolecular Hbond substituents is 1. The van der Waals surface area contributed by atoms with Gasteiger partial charge in [0, 0.05) is 17.0 Å². The van der Waals surface area contributed by atoms with E-state index in [2.05, 4.69) is 0 Å². The van der Waals surface area contributed by atoms with Crippen LogP contribution in [0.3, 0.4) is 0 Å². The number of carbonyl (C=O) groups excluding carboxylic acids is 1. The second kappa shape index (κ2) is 4.67. The van der Waals surface area contributed by atoms with Crippen molar-refractivity contribution in [2.45, 2.75) is 33.1 Å². The van der Waals surface area contributed by atoms with E-state index >= 15 is 0 Å². The van der Waals surface area contributed by atoms with E-state index < -0.39 is 0 Å². The molecule has 0 saturated heterocycles. The highest BCUT2D eigenvalue weighted by molar-refractivity contribution is 6.31. The number of carbonyl (C=O) groups is 1. The van der Waals surface area contributed by atoms with Crippen molar-refractivity contribution < 1.29 is 9.90 Å². The molecular formula is C12H15ClO2. The lowest BCUT2D eigenvalue weighted by molar-refractivity contribution is -0.108. The number of hydrogen-bond donors (Lipinski definition) is 1. The number of benzene rings is 1. The molecule has 3 heteroatoms. The van der Waals surface area contributed by atoms with Crippen molar-refractivity contribution >= 4 is 17.9 Å². The number of hydrogen-bond acceptors (Lipinski definition) is 2. The molecule has 0 aromatic heterocycles. The van der Waals surface area contributed by atoms with Crippen molar-refractivity contribution in [2.24, 2.45) is 0 Å². The predicted octanol–water partition coefficient (Wildman–Crippen LogP) is 3.35. The van der Waals surface area contributed by atoms with Crippen LogP contribution < -0.4 is 0 Å². The third kappa shape index (κ3) is 2.32. The average molecular weight is 227 g/mol. The smallest absolute Gasteiger partial charge is 0.122 e. The molecule has 2 nitrogen and oxygen atoms in total. The average Bonchev–Trinajstić information content (AvgIpc) is 2.16. The fourth-order valence-electron chi connectivity index (χ4n) is 1.75. The molecule has 1 N–H and O–H groups in total. The number of aldehydes is 1. The molecule has 0 radical (unpaired) electrons. The van der Waals surface area contributed by atoms with Crippen LogP contribution in [0.5, 0.6) is 5.75 Å². The van der Waals surface area contributed by atoms with E-state index in [1.807, 2.05) is 13.8 Å². The lowest BCUT2D eigenvalue weighted by Crippen LogP contribution is -2.00. The number of rotatable bonds is 3. The van der Waals surface area contributed by atoms with Crippen LogP contribution in [0.25, 0.3) is 0 Å². The molecule has 0 aliphatic carbocycles. The lowest BCUT2D eigenvalue weighted by atomic mass is 9.91. The molecule has 0 aliphatic rings. The van der Waals surface area contributed by atoms with E-state index in [0.29, 0.717) is 11.4 Å². The van der Waals surface area contributed by atoms with E-state index in [1.165, 1.54) is 0 Å². The van der Waals surface area contributed by atoms with Gasteiger partial charge in [-0.3, -0.25) is 0 Å². The van der Waals surface area contributed by atoms with Gasteiger partial charge in [0.1, 0.15) is 12.0 Å². The van der Waals surface area contributed by atoms with Gasteiger partial charge in [-0.1, -0.05) is 18.5 Å². The lowest BCUT2D eigenvalue weighted by Gasteiger charge is -2.17. The molecule has 0 fully saturated rings. The summed E-state index contributed by atoms with van der Waals surface area (Å²) in [5.74, 6) is 0.256. The Hall–Kier alpha value is -1.02. The normalized spacial score (nSPS) is 12.5. The number of halogens is 1. The first-order valence-electron chi connectivity index (χ1n) is 4.91. The first kappa shape index (κ1) is 12.1. The highest BCUT2D eigenvalue weighted by Crippen LogP contribution is 2.36. The minimum absolute atomic E-state index is 0.0000926. The van der Waals surface area contributed by atoms with Crippen LogP contribution >= 0.6 is 11.6 Å². The van der Waals surface area contributed by atoms with Crippen LogP contribution in [0.1, 0.15) is 36.0 Å². The Labute approximate surface area is 94.9 Å². The summed E-state index contributed by atoms with van der Waals surface area (Å²) in [6.07, 6.45) is 1.26. The van der Waals surface area contributed by atoms with E-state index in [9.17, 15) is 9.90 Å². The molecule has 0 spiro atoms. The summed E-state index contributed by atoms with van der Waals surface area (Å²) in [6.45, 7) is 5.57. The number of phenols is 1. The maximum atomic E-state index is 10.5. The Bertz CT molecular complexity index is 359. The summed E-state index contributed by atoms with van der Waals surface area (Å²) in [6, 6.07) is 1.74. The minimum atomic E-state index is -0.0000926. The van der Waals surface area contributed by atoms with Crippen molar-refractivity contribution in [3.63, 3.8) is 0 Å². The zero-order chi connectivity index (χ0) is 11.6. The minimum Gasteiger partial charge on any atom is -0.507 e.